The van der Waals surface area contributed by atoms with Gasteiger partial charge in [-0.25, -0.2) is 6.57 Å². The van der Waals surface area contributed by atoms with Crippen LogP contribution in [0.5, 0.6) is 0 Å². The van der Waals surface area contributed by atoms with Gasteiger partial charge in [-0.15, -0.1) is 0 Å². The summed E-state index contributed by atoms with van der Waals surface area (Å²) in [6, 6.07) is 0. The van der Waals surface area contributed by atoms with Crippen LogP contribution in [0.15, 0.2) is 0 Å². The molecule has 0 amide bonds. The monoisotopic (exact) mass is 129 g/mol. The van der Waals surface area contributed by atoms with Gasteiger partial charge in [0.05, 0.1) is 0 Å². The molecule has 0 aromatic heterocycles. The van der Waals surface area contributed by atoms with E-state index in [0.717, 1.165) is 0 Å². The van der Waals surface area contributed by atoms with Gasteiger partial charge in [-0.3, -0.25) is 0 Å². The molecular weight excluding hydrogens is 118 g/mol. The summed E-state index contributed by atoms with van der Waals surface area (Å²) in [6.45, 7) is 8.49. The van der Waals surface area contributed by atoms with E-state index in [2.05, 4.69) is 4.85 Å². The van der Waals surface area contributed by atoms with Crippen molar-refractivity contribution >= 4 is 0 Å². The predicted octanol–water partition coefficient (Wildman–Crippen LogP) is 0.915. The first-order valence-corrected chi connectivity index (χ1v) is 2.62. The average molecular weight is 129 g/mol. The quantitative estimate of drug-likeness (QED) is 0.417. The number of rotatable bonds is 3. The third-order valence-electron chi connectivity index (χ3n) is 1.23. The fraction of sp³-hybridized carbons (Fsp3) is 0.833. The number of ether oxygens (including phenoxy) is 2. The molecule has 0 aliphatic carbocycles. The molecule has 3 nitrogen and oxygen atoms in total. The van der Waals surface area contributed by atoms with E-state index in [4.69, 9.17) is 16.0 Å². The van der Waals surface area contributed by atoms with E-state index >= 15 is 0 Å². The lowest BCUT2D eigenvalue weighted by Gasteiger charge is -2.19. The molecule has 0 aliphatic heterocycles. The second-order valence-electron chi connectivity index (χ2n) is 1.86. The smallest absolute Gasteiger partial charge is 0.267 e. The average Bonchev–Trinajstić information content (AvgIpc) is 1.89. The molecule has 0 atom stereocenters. The molecule has 52 valence electrons. The van der Waals surface area contributed by atoms with E-state index in [1.807, 2.05) is 0 Å². The zero-order valence-electron chi connectivity index (χ0n) is 5.97. The van der Waals surface area contributed by atoms with Crippen LogP contribution < -0.4 is 0 Å². The summed E-state index contributed by atoms with van der Waals surface area (Å²) in [7, 11) is 3.04. The normalized spacial score (nSPS) is 10.9. The highest BCUT2D eigenvalue weighted by atomic mass is 16.7. The Hall–Kier alpha value is -0.590. The van der Waals surface area contributed by atoms with Crippen molar-refractivity contribution in [1.29, 1.82) is 0 Å². The lowest BCUT2D eigenvalue weighted by molar-refractivity contribution is -0.180. The highest BCUT2D eigenvalue weighted by Gasteiger charge is 2.25. The zero-order valence-corrected chi connectivity index (χ0v) is 5.97. The Balaban J connectivity index is 3.80. The first kappa shape index (κ1) is 8.41. The zero-order chi connectivity index (χ0) is 7.33. The van der Waals surface area contributed by atoms with Gasteiger partial charge in [-0.1, -0.05) is 0 Å². The van der Waals surface area contributed by atoms with Crippen LogP contribution in [-0.4, -0.2) is 26.6 Å². The molecule has 0 bridgehead atoms. The number of hydrogen-bond acceptors (Lipinski definition) is 2. The van der Waals surface area contributed by atoms with Crippen molar-refractivity contribution in [3.8, 4) is 0 Å². The molecular formula is C6H11NO2. The molecule has 9 heavy (non-hydrogen) atoms. The molecule has 0 unspecified atom stereocenters. The summed E-state index contributed by atoms with van der Waals surface area (Å²) in [5.74, 6) is -0.720. The van der Waals surface area contributed by atoms with Gasteiger partial charge in [0.25, 0.3) is 6.54 Å². The highest BCUT2D eigenvalue weighted by Crippen LogP contribution is 2.08. The van der Waals surface area contributed by atoms with Crippen LogP contribution in [0.1, 0.15) is 6.92 Å². The van der Waals surface area contributed by atoms with Crippen LogP contribution in [0, 0.1) is 6.57 Å². The van der Waals surface area contributed by atoms with E-state index in [9.17, 15) is 0 Å². The van der Waals surface area contributed by atoms with E-state index < -0.39 is 5.79 Å². The number of hydrogen-bond donors (Lipinski definition) is 0. The Labute approximate surface area is 55.4 Å². The van der Waals surface area contributed by atoms with E-state index in [1.165, 1.54) is 14.2 Å². The van der Waals surface area contributed by atoms with E-state index in [1.54, 1.807) is 6.92 Å². The second kappa shape index (κ2) is 3.44. The van der Waals surface area contributed by atoms with Crippen molar-refractivity contribution in [2.75, 3.05) is 20.8 Å². The van der Waals surface area contributed by atoms with Crippen molar-refractivity contribution in [2.24, 2.45) is 0 Å². The maximum atomic E-state index is 6.53. The van der Waals surface area contributed by atoms with Gasteiger partial charge < -0.3 is 14.3 Å². The molecule has 0 saturated heterocycles. The molecule has 0 radical (unpaired) electrons. The molecule has 0 N–H and O–H groups in total. The Morgan fingerprint density at radius 3 is 2.00 bits per heavy atom. The summed E-state index contributed by atoms with van der Waals surface area (Å²) < 4.78 is 9.78. The van der Waals surface area contributed by atoms with Crippen molar-refractivity contribution < 1.29 is 9.47 Å². The second-order valence-corrected chi connectivity index (χ2v) is 1.86. The maximum absolute atomic E-state index is 6.53. The number of nitrogens with zero attached hydrogens (tertiary/aromatic N) is 1. The van der Waals surface area contributed by atoms with Crippen LogP contribution in [-0.2, 0) is 9.47 Å². The van der Waals surface area contributed by atoms with Crippen LogP contribution >= 0.6 is 0 Å². The summed E-state index contributed by atoms with van der Waals surface area (Å²) >= 11 is 0. The third-order valence-corrected chi connectivity index (χ3v) is 1.23. The van der Waals surface area contributed by atoms with Gasteiger partial charge in [0.1, 0.15) is 0 Å². The largest absolute Gasteiger partial charge is 0.347 e. The van der Waals surface area contributed by atoms with Crippen LogP contribution in [0.25, 0.3) is 4.85 Å². The topological polar surface area (TPSA) is 22.8 Å². The molecule has 0 aromatic carbocycles. The molecule has 0 aromatic rings. The van der Waals surface area contributed by atoms with Crippen LogP contribution in [0.4, 0.5) is 0 Å². The lowest BCUT2D eigenvalue weighted by Crippen LogP contribution is -2.32. The maximum Gasteiger partial charge on any atom is 0.267 e. The Bertz CT molecular complexity index is 113. The minimum atomic E-state index is -0.720. The van der Waals surface area contributed by atoms with E-state index in [0.29, 0.717) is 0 Å². The molecule has 0 fully saturated rings. The van der Waals surface area contributed by atoms with Gasteiger partial charge in [0.2, 0.25) is 5.79 Å². The molecule has 0 aliphatic rings. The van der Waals surface area contributed by atoms with Gasteiger partial charge in [-0.05, 0) is 6.92 Å². The van der Waals surface area contributed by atoms with Crippen molar-refractivity contribution in [3.63, 3.8) is 0 Å². The first-order valence-electron chi connectivity index (χ1n) is 2.62. The highest BCUT2D eigenvalue weighted by molar-refractivity contribution is 4.73. The predicted molar refractivity (Wildman–Crippen MR) is 33.9 cm³/mol. The van der Waals surface area contributed by atoms with Crippen molar-refractivity contribution in [1.82, 2.24) is 0 Å². The Kier molecular flexibility index (Phi) is 3.21. The molecule has 0 saturated carbocycles. The molecule has 0 spiro atoms. The van der Waals surface area contributed by atoms with Gasteiger partial charge in [-0.2, -0.15) is 0 Å². The summed E-state index contributed by atoms with van der Waals surface area (Å²) in [5.41, 5.74) is 0. The van der Waals surface area contributed by atoms with E-state index in [-0.39, 0.29) is 6.54 Å². The van der Waals surface area contributed by atoms with Crippen molar-refractivity contribution in [2.45, 2.75) is 12.7 Å². The van der Waals surface area contributed by atoms with Gasteiger partial charge in [0.15, 0.2) is 0 Å². The minimum absolute atomic E-state index is 0.236. The lowest BCUT2D eigenvalue weighted by atomic mass is 10.3. The summed E-state index contributed by atoms with van der Waals surface area (Å²) in [6.07, 6.45) is 0. The fourth-order valence-electron chi connectivity index (χ4n) is 0.356. The first-order chi connectivity index (χ1) is 4.18. The Morgan fingerprint density at radius 2 is 1.89 bits per heavy atom. The number of methoxy groups -OCH3 is 2. The van der Waals surface area contributed by atoms with Crippen molar-refractivity contribution in [3.05, 3.63) is 11.4 Å². The van der Waals surface area contributed by atoms with Crippen LogP contribution in [0.3, 0.4) is 0 Å². The standard InChI is InChI=1S/C6H11NO2/c1-6(8-3,9-4)5-7-2/h5H2,1,3-4H3. The molecule has 0 rings (SSSR count). The fourth-order valence-corrected chi connectivity index (χ4v) is 0.356. The van der Waals surface area contributed by atoms with Crippen LogP contribution in [0.2, 0.25) is 0 Å². The molecule has 0 heterocycles. The van der Waals surface area contributed by atoms with Gasteiger partial charge in [0, 0.05) is 14.2 Å². The molecule has 3 heteroatoms. The third kappa shape index (κ3) is 2.45. The SMILES string of the molecule is [C-]#[N+]CC(C)(OC)OC. The minimum Gasteiger partial charge on any atom is -0.347 e. The Morgan fingerprint density at radius 1 is 1.44 bits per heavy atom. The summed E-state index contributed by atoms with van der Waals surface area (Å²) in [5, 5.41) is 0. The van der Waals surface area contributed by atoms with Gasteiger partial charge >= 0.3 is 0 Å². The summed E-state index contributed by atoms with van der Waals surface area (Å²) in [4.78, 5) is 3.15.